The SMILES string of the molecule is C[N+](C)(C)c1ccc2c(c1)C(=O)CC=C2. The Labute approximate surface area is 90.4 Å². The molecule has 0 saturated heterocycles. The molecule has 1 aromatic carbocycles. The lowest BCUT2D eigenvalue weighted by Crippen LogP contribution is -2.35. The molecule has 1 aliphatic carbocycles. The Balaban J connectivity index is 2.54. The van der Waals surface area contributed by atoms with E-state index in [9.17, 15) is 4.79 Å². The summed E-state index contributed by atoms with van der Waals surface area (Å²) in [6, 6.07) is 6.13. The molecule has 0 bridgehead atoms. The Morgan fingerprint density at radius 2 is 1.93 bits per heavy atom. The first-order valence-electron chi connectivity index (χ1n) is 5.14. The molecule has 0 fully saturated rings. The molecule has 1 aromatic rings. The minimum atomic E-state index is 0.225. The number of hydrogen-bond acceptors (Lipinski definition) is 1. The van der Waals surface area contributed by atoms with E-state index in [0.29, 0.717) is 6.42 Å². The van der Waals surface area contributed by atoms with Crippen molar-refractivity contribution in [3.05, 3.63) is 35.4 Å². The Morgan fingerprint density at radius 3 is 2.60 bits per heavy atom. The number of allylic oxidation sites excluding steroid dienone is 1. The fourth-order valence-electron chi connectivity index (χ4n) is 1.75. The van der Waals surface area contributed by atoms with Gasteiger partial charge in [0.25, 0.3) is 0 Å². The van der Waals surface area contributed by atoms with E-state index in [1.165, 1.54) is 0 Å². The number of carbonyl (C=O) groups is 1. The van der Waals surface area contributed by atoms with Crippen molar-refractivity contribution in [2.75, 3.05) is 21.1 Å². The molecule has 1 aliphatic rings. The molecule has 0 radical (unpaired) electrons. The van der Waals surface area contributed by atoms with Gasteiger partial charge in [0, 0.05) is 18.1 Å². The van der Waals surface area contributed by atoms with Gasteiger partial charge in [0.1, 0.15) is 5.69 Å². The number of nitrogens with zero attached hydrogens (tertiary/aromatic N) is 1. The number of carbonyl (C=O) groups excluding carboxylic acids is 1. The van der Waals surface area contributed by atoms with Gasteiger partial charge in [-0.2, -0.15) is 0 Å². The van der Waals surface area contributed by atoms with Crippen molar-refractivity contribution < 1.29 is 4.79 Å². The monoisotopic (exact) mass is 202 g/mol. The van der Waals surface area contributed by atoms with Crippen LogP contribution >= 0.6 is 0 Å². The summed E-state index contributed by atoms with van der Waals surface area (Å²) in [5.74, 6) is 0.225. The van der Waals surface area contributed by atoms with Gasteiger partial charge < -0.3 is 0 Å². The molecule has 0 heterocycles. The second-order valence-electron chi connectivity index (χ2n) is 4.81. The Morgan fingerprint density at radius 1 is 1.20 bits per heavy atom. The molecular formula is C13H16NO+. The first kappa shape index (κ1) is 10.1. The van der Waals surface area contributed by atoms with Crippen LogP contribution < -0.4 is 4.48 Å². The molecule has 0 saturated carbocycles. The quantitative estimate of drug-likeness (QED) is 0.639. The van der Waals surface area contributed by atoms with Crippen LogP contribution in [0.4, 0.5) is 5.69 Å². The minimum absolute atomic E-state index is 0.225. The molecule has 0 spiro atoms. The van der Waals surface area contributed by atoms with Crippen LogP contribution in [0, 0.1) is 0 Å². The van der Waals surface area contributed by atoms with Crippen molar-refractivity contribution in [1.29, 1.82) is 0 Å². The van der Waals surface area contributed by atoms with Gasteiger partial charge >= 0.3 is 0 Å². The summed E-state index contributed by atoms with van der Waals surface area (Å²) in [6.07, 6.45) is 4.49. The number of Topliss-reactive ketones (excluding diaryl/α,β-unsaturated/α-hetero) is 1. The maximum atomic E-state index is 11.7. The first-order valence-corrected chi connectivity index (χ1v) is 5.14. The second-order valence-corrected chi connectivity index (χ2v) is 4.81. The van der Waals surface area contributed by atoms with Crippen LogP contribution in [0.3, 0.4) is 0 Å². The fourth-order valence-corrected chi connectivity index (χ4v) is 1.75. The average Bonchev–Trinajstić information content (AvgIpc) is 2.16. The maximum Gasteiger partial charge on any atom is 0.167 e. The highest BCUT2D eigenvalue weighted by Crippen LogP contribution is 2.25. The van der Waals surface area contributed by atoms with Crippen molar-refractivity contribution in [1.82, 2.24) is 4.48 Å². The summed E-state index contributed by atoms with van der Waals surface area (Å²) in [7, 11) is 6.31. The number of benzene rings is 1. The molecule has 0 unspecified atom stereocenters. The normalized spacial score (nSPS) is 15.3. The summed E-state index contributed by atoms with van der Waals surface area (Å²) in [6.45, 7) is 0. The number of hydrogen-bond donors (Lipinski definition) is 0. The van der Waals surface area contributed by atoms with E-state index in [1.807, 2.05) is 24.3 Å². The third-order valence-electron chi connectivity index (χ3n) is 2.71. The molecule has 78 valence electrons. The van der Waals surface area contributed by atoms with E-state index >= 15 is 0 Å². The fraction of sp³-hybridized carbons (Fsp3) is 0.308. The van der Waals surface area contributed by atoms with Crippen molar-refractivity contribution >= 4 is 17.5 Å². The predicted octanol–water partition coefficient (Wildman–Crippen LogP) is 2.48. The van der Waals surface area contributed by atoms with E-state index in [-0.39, 0.29) is 5.78 Å². The molecule has 15 heavy (non-hydrogen) atoms. The van der Waals surface area contributed by atoms with Crippen LogP contribution in [0.5, 0.6) is 0 Å². The Hall–Kier alpha value is -1.41. The lowest BCUT2D eigenvalue weighted by atomic mass is 9.95. The largest absolute Gasteiger partial charge is 0.298 e. The number of quaternary nitrogens is 1. The van der Waals surface area contributed by atoms with E-state index in [1.54, 1.807) is 0 Å². The molecule has 2 nitrogen and oxygen atoms in total. The van der Waals surface area contributed by atoms with Crippen molar-refractivity contribution in [2.24, 2.45) is 0 Å². The third-order valence-corrected chi connectivity index (χ3v) is 2.71. The van der Waals surface area contributed by atoms with Crippen LogP contribution in [0.2, 0.25) is 0 Å². The van der Waals surface area contributed by atoms with Crippen LogP contribution in [0.1, 0.15) is 22.3 Å². The Kier molecular flexibility index (Phi) is 2.24. The Bertz CT molecular complexity index is 438. The number of fused-ring (bicyclic) bond motifs is 1. The van der Waals surface area contributed by atoms with E-state index < -0.39 is 0 Å². The summed E-state index contributed by atoms with van der Waals surface area (Å²) in [4.78, 5) is 11.7. The molecule has 0 aromatic heterocycles. The van der Waals surface area contributed by atoms with Gasteiger partial charge in [-0.25, -0.2) is 0 Å². The maximum absolute atomic E-state index is 11.7. The van der Waals surface area contributed by atoms with Crippen molar-refractivity contribution in [2.45, 2.75) is 6.42 Å². The smallest absolute Gasteiger partial charge is 0.167 e. The van der Waals surface area contributed by atoms with Gasteiger partial charge in [-0.1, -0.05) is 12.2 Å². The zero-order chi connectivity index (χ0) is 11.1. The molecule has 2 heteroatoms. The van der Waals surface area contributed by atoms with Crippen molar-refractivity contribution in [3.63, 3.8) is 0 Å². The predicted molar refractivity (Wildman–Crippen MR) is 64.0 cm³/mol. The van der Waals surface area contributed by atoms with Gasteiger partial charge in [0.15, 0.2) is 5.78 Å². The number of ketones is 1. The zero-order valence-corrected chi connectivity index (χ0v) is 9.45. The highest BCUT2D eigenvalue weighted by molar-refractivity contribution is 6.03. The second kappa shape index (κ2) is 3.31. The standard InChI is InChI=1S/C13H16NO/c1-14(2,3)11-8-7-10-5-4-6-13(15)12(10)9-11/h4-5,7-9H,6H2,1-3H3/q+1. The topological polar surface area (TPSA) is 17.1 Å². The molecule has 0 atom stereocenters. The van der Waals surface area contributed by atoms with Crippen LogP contribution in [-0.4, -0.2) is 26.9 Å². The van der Waals surface area contributed by atoms with Gasteiger partial charge in [0.2, 0.25) is 0 Å². The molecule has 0 aliphatic heterocycles. The molecule has 2 rings (SSSR count). The number of rotatable bonds is 1. The summed E-state index contributed by atoms with van der Waals surface area (Å²) < 4.78 is 0.740. The zero-order valence-electron chi connectivity index (χ0n) is 9.45. The highest BCUT2D eigenvalue weighted by Gasteiger charge is 2.18. The van der Waals surface area contributed by atoms with E-state index in [4.69, 9.17) is 0 Å². The van der Waals surface area contributed by atoms with Crippen molar-refractivity contribution in [3.8, 4) is 0 Å². The molecule has 0 N–H and O–H groups in total. The lowest BCUT2D eigenvalue weighted by molar-refractivity contribution is 0.0994. The van der Waals surface area contributed by atoms with Crippen LogP contribution in [0.25, 0.3) is 6.08 Å². The highest BCUT2D eigenvalue weighted by atomic mass is 16.1. The van der Waals surface area contributed by atoms with Crippen LogP contribution in [0.15, 0.2) is 24.3 Å². The van der Waals surface area contributed by atoms with E-state index in [2.05, 4.69) is 27.2 Å². The van der Waals surface area contributed by atoms with Gasteiger partial charge in [-0.15, -0.1) is 0 Å². The van der Waals surface area contributed by atoms with Gasteiger partial charge in [-0.05, 0) is 17.7 Å². The molecule has 0 amide bonds. The summed E-state index contributed by atoms with van der Waals surface area (Å²) in [5, 5.41) is 0. The molecular weight excluding hydrogens is 186 g/mol. The first-order chi connectivity index (χ1) is 6.98. The minimum Gasteiger partial charge on any atom is -0.298 e. The van der Waals surface area contributed by atoms with Gasteiger partial charge in [0.05, 0.1) is 21.1 Å². The average molecular weight is 202 g/mol. The lowest BCUT2D eigenvalue weighted by Gasteiger charge is -2.24. The van der Waals surface area contributed by atoms with E-state index in [0.717, 1.165) is 21.3 Å². The summed E-state index contributed by atoms with van der Waals surface area (Å²) in [5.41, 5.74) is 3.07. The van der Waals surface area contributed by atoms with Gasteiger partial charge in [-0.3, -0.25) is 9.28 Å². The third kappa shape index (κ3) is 1.85. The van der Waals surface area contributed by atoms with Crippen LogP contribution in [-0.2, 0) is 0 Å². The summed E-state index contributed by atoms with van der Waals surface area (Å²) >= 11 is 0.